The second kappa shape index (κ2) is 6.91. The van der Waals surface area contributed by atoms with Gasteiger partial charge in [0.15, 0.2) is 5.82 Å². The van der Waals surface area contributed by atoms with Crippen molar-refractivity contribution in [2.75, 3.05) is 10.6 Å². The highest BCUT2D eigenvalue weighted by Crippen LogP contribution is 2.56. The lowest BCUT2D eigenvalue weighted by molar-refractivity contribution is -0.129. The molecule has 9 nitrogen and oxygen atoms in total. The number of nitrogens with one attached hydrogen (secondary N) is 4. The first kappa shape index (κ1) is 19.0. The van der Waals surface area contributed by atoms with Gasteiger partial charge in [0.1, 0.15) is 11.5 Å². The number of hydrogen-bond donors (Lipinski definition) is 5. The van der Waals surface area contributed by atoms with Crippen LogP contribution in [0.15, 0.2) is 12.1 Å². The van der Waals surface area contributed by atoms with E-state index in [-0.39, 0.29) is 18.0 Å². The molecule has 31 heavy (non-hydrogen) atoms. The number of aromatic amines is 1. The quantitative estimate of drug-likeness (QED) is 0.483. The van der Waals surface area contributed by atoms with E-state index < -0.39 is 5.60 Å². The summed E-state index contributed by atoms with van der Waals surface area (Å²) in [6.07, 6.45) is 6.99. The monoisotopic (exact) mass is 423 g/mol. The van der Waals surface area contributed by atoms with E-state index >= 15 is 0 Å². The van der Waals surface area contributed by atoms with Crippen LogP contribution in [0.3, 0.4) is 0 Å². The van der Waals surface area contributed by atoms with Gasteiger partial charge in [-0.25, -0.2) is 4.98 Å². The Morgan fingerprint density at radius 1 is 1.13 bits per heavy atom. The summed E-state index contributed by atoms with van der Waals surface area (Å²) in [7, 11) is 0. The van der Waals surface area contributed by atoms with Crippen molar-refractivity contribution in [2.24, 2.45) is 17.8 Å². The van der Waals surface area contributed by atoms with Gasteiger partial charge in [-0.05, 0) is 69.6 Å². The molecule has 2 aromatic heterocycles. The van der Waals surface area contributed by atoms with Crippen molar-refractivity contribution >= 4 is 23.5 Å². The number of hydrogen-bond acceptors (Lipinski definition) is 7. The summed E-state index contributed by atoms with van der Waals surface area (Å²) >= 11 is 0. The molecular formula is C22H29N7O2. The summed E-state index contributed by atoms with van der Waals surface area (Å²) in [5.74, 6) is 2.96. The number of aryl methyl sites for hydroxylation is 1. The van der Waals surface area contributed by atoms with Crippen LogP contribution in [-0.4, -0.2) is 48.9 Å². The predicted octanol–water partition coefficient (Wildman–Crippen LogP) is 2.50. The minimum Gasteiger partial charge on any atom is -0.390 e. The van der Waals surface area contributed by atoms with E-state index in [0.717, 1.165) is 50.6 Å². The van der Waals surface area contributed by atoms with E-state index in [0.29, 0.717) is 41.0 Å². The maximum absolute atomic E-state index is 12.7. The molecule has 0 aromatic carbocycles. The van der Waals surface area contributed by atoms with Crippen molar-refractivity contribution in [1.82, 2.24) is 25.5 Å². The largest absolute Gasteiger partial charge is 0.390 e. The van der Waals surface area contributed by atoms with E-state index in [1.807, 2.05) is 13.0 Å². The Bertz CT molecular complexity index is 1000. The Morgan fingerprint density at radius 3 is 2.55 bits per heavy atom. The van der Waals surface area contributed by atoms with Crippen LogP contribution < -0.4 is 16.0 Å². The Labute approximate surface area is 180 Å². The van der Waals surface area contributed by atoms with E-state index in [2.05, 4.69) is 36.1 Å². The zero-order valence-electron chi connectivity index (χ0n) is 17.7. The summed E-state index contributed by atoms with van der Waals surface area (Å²) in [4.78, 5) is 21.9. The molecule has 9 heteroatoms. The van der Waals surface area contributed by atoms with Gasteiger partial charge < -0.3 is 21.1 Å². The fraction of sp³-hybridized carbons (Fsp3) is 0.636. The average Bonchev–Trinajstić information content (AvgIpc) is 3.42. The van der Waals surface area contributed by atoms with Gasteiger partial charge in [-0.2, -0.15) is 10.1 Å². The molecule has 0 aliphatic heterocycles. The van der Waals surface area contributed by atoms with Crippen molar-refractivity contribution in [2.45, 2.75) is 69.6 Å². The summed E-state index contributed by atoms with van der Waals surface area (Å²) in [6.45, 7) is 1.93. The Hall–Kier alpha value is -2.68. The second-order valence-corrected chi connectivity index (χ2v) is 10.1. The number of carbonyl (C=O) groups excluding carboxylic acids is 1. The van der Waals surface area contributed by atoms with Gasteiger partial charge in [0.2, 0.25) is 5.95 Å². The molecule has 1 amide bonds. The lowest BCUT2D eigenvalue weighted by atomic mass is 9.52. The van der Waals surface area contributed by atoms with Crippen LogP contribution in [0.4, 0.5) is 17.6 Å². The molecule has 2 aromatic rings. The standard InChI is InChI=1S/C22H29N7O2/c1-11-4-18(29-28-11)25-17-7-16(20(30)23-15-2-3-15)24-21(26-17)27-19-13-5-12-6-14(19)10-22(31,8-12)9-13/h4,7,12-15,19,31H,2-3,5-6,8-10H2,1H3,(H,23,30)(H3,24,25,26,27,28,29). The van der Waals surface area contributed by atoms with E-state index in [1.165, 1.54) is 0 Å². The highest BCUT2D eigenvalue weighted by molar-refractivity contribution is 5.93. The third-order valence-corrected chi connectivity index (χ3v) is 7.37. The summed E-state index contributed by atoms with van der Waals surface area (Å²) < 4.78 is 0. The number of rotatable bonds is 6. The third-order valence-electron chi connectivity index (χ3n) is 7.37. The van der Waals surface area contributed by atoms with E-state index in [4.69, 9.17) is 0 Å². The van der Waals surface area contributed by atoms with Crippen molar-refractivity contribution < 1.29 is 9.90 Å². The predicted molar refractivity (Wildman–Crippen MR) is 115 cm³/mol. The number of aliphatic hydroxyl groups is 1. The lowest BCUT2D eigenvalue weighted by Gasteiger charge is -2.58. The van der Waals surface area contributed by atoms with Crippen LogP contribution >= 0.6 is 0 Å². The van der Waals surface area contributed by atoms with Crippen LogP contribution in [0, 0.1) is 24.7 Å². The summed E-state index contributed by atoms with van der Waals surface area (Å²) in [6, 6.07) is 4.05. The molecule has 164 valence electrons. The van der Waals surface area contributed by atoms with Crippen LogP contribution in [0.5, 0.6) is 0 Å². The van der Waals surface area contributed by atoms with E-state index in [9.17, 15) is 9.90 Å². The molecule has 2 atom stereocenters. The van der Waals surface area contributed by atoms with Crippen LogP contribution in [0.1, 0.15) is 61.1 Å². The highest BCUT2D eigenvalue weighted by atomic mass is 16.3. The number of amides is 1. The summed E-state index contributed by atoms with van der Waals surface area (Å²) in [5, 5.41) is 27.7. The van der Waals surface area contributed by atoms with Crippen molar-refractivity contribution in [1.29, 1.82) is 0 Å². The number of nitrogens with zero attached hydrogens (tertiary/aromatic N) is 3. The smallest absolute Gasteiger partial charge is 0.270 e. The van der Waals surface area contributed by atoms with Crippen molar-refractivity contribution in [3.63, 3.8) is 0 Å². The number of carbonyl (C=O) groups is 1. The Kier molecular flexibility index (Phi) is 4.25. The molecule has 0 spiro atoms. The van der Waals surface area contributed by atoms with Gasteiger partial charge in [0.05, 0.1) is 5.60 Å². The second-order valence-electron chi connectivity index (χ2n) is 10.1. The third kappa shape index (κ3) is 3.75. The fourth-order valence-corrected chi connectivity index (χ4v) is 6.16. The molecule has 5 aliphatic carbocycles. The lowest BCUT2D eigenvalue weighted by Crippen LogP contribution is -2.59. The van der Waals surface area contributed by atoms with Gasteiger partial charge in [0, 0.05) is 29.9 Å². The maximum Gasteiger partial charge on any atom is 0.270 e. The highest BCUT2D eigenvalue weighted by Gasteiger charge is 2.54. The van der Waals surface area contributed by atoms with E-state index in [1.54, 1.807) is 6.07 Å². The number of H-pyrrole nitrogens is 1. The minimum atomic E-state index is -0.480. The number of aromatic nitrogens is 4. The maximum atomic E-state index is 12.7. The van der Waals surface area contributed by atoms with Crippen LogP contribution in [0.2, 0.25) is 0 Å². The normalized spacial score (nSPS) is 33.4. The van der Waals surface area contributed by atoms with Gasteiger partial charge in [-0.15, -0.1) is 0 Å². The fourth-order valence-electron chi connectivity index (χ4n) is 6.16. The van der Waals surface area contributed by atoms with Crippen molar-refractivity contribution in [3.05, 3.63) is 23.5 Å². The zero-order chi connectivity index (χ0) is 21.2. The average molecular weight is 424 g/mol. The van der Waals surface area contributed by atoms with Gasteiger partial charge >= 0.3 is 0 Å². The molecule has 2 unspecified atom stereocenters. The number of anilines is 3. The van der Waals surface area contributed by atoms with Gasteiger partial charge in [-0.3, -0.25) is 9.89 Å². The topological polar surface area (TPSA) is 128 Å². The minimum absolute atomic E-state index is 0.173. The SMILES string of the molecule is Cc1cc(Nc2cc(C(=O)NC3CC3)nc(NC3C4CC5CC3CC(O)(C5)C4)n2)n[nH]1. The van der Waals surface area contributed by atoms with Crippen molar-refractivity contribution in [3.8, 4) is 0 Å². The zero-order valence-corrected chi connectivity index (χ0v) is 17.7. The van der Waals surface area contributed by atoms with Crippen LogP contribution in [0.25, 0.3) is 0 Å². The molecule has 2 heterocycles. The summed E-state index contributed by atoms with van der Waals surface area (Å²) in [5.41, 5.74) is 0.807. The molecule has 5 saturated carbocycles. The molecule has 5 fully saturated rings. The first-order chi connectivity index (χ1) is 14.9. The van der Waals surface area contributed by atoms with Crippen LogP contribution in [-0.2, 0) is 0 Å². The molecule has 7 rings (SSSR count). The molecule has 5 N–H and O–H groups in total. The first-order valence-corrected chi connectivity index (χ1v) is 11.4. The Morgan fingerprint density at radius 2 is 1.90 bits per heavy atom. The molecule has 4 bridgehead atoms. The van der Waals surface area contributed by atoms with Gasteiger partial charge in [0.25, 0.3) is 5.91 Å². The molecule has 0 saturated heterocycles. The molecule has 5 aliphatic rings. The Balaban J connectivity index is 1.27. The van der Waals surface area contributed by atoms with Gasteiger partial charge in [-0.1, -0.05) is 0 Å². The molecular weight excluding hydrogens is 394 g/mol. The molecule has 0 radical (unpaired) electrons. The first-order valence-electron chi connectivity index (χ1n) is 11.4.